The van der Waals surface area contributed by atoms with Crippen LogP contribution in [0.5, 0.6) is 0 Å². The van der Waals surface area contributed by atoms with Gasteiger partial charge in [-0.3, -0.25) is 4.79 Å². The highest BCUT2D eigenvalue weighted by Gasteiger charge is 2.27. The zero-order valence-electron chi connectivity index (χ0n) is 14.7. The molecule has 0 spiro atoms. The van der Waals surface area contributed by atoms with E-state index in [1.54, 1.807) is 37.8 Å². The van der Waals surface area contributed by atoms with Crippen molar-refractivity contribution in [1.82, 2.24) is 9.21 Å². The van der Waals surface area contributed by atoms with Crippen LogP contribution in [0, 0.1) is 6.92 Å². The number of hydrogen-bond donors (Lipinski definition) is 1. The van der Waals surface area contributed by atoms with Crippen LogP contribution in [-0.4, -0.2) is 55.8 Å². The zero-order valence-corrected chi connectivity index (χ0v) is 15.5. The van der Waals surface area contributed by atoms with Crippen molar-refractivity contribution in [2.75, 3.05) is 26.2 Å². The largest absolute Gasteiger partial charge is 0.337 e. The van der Waals surface area contributed by atoms with E-state index < -0.39 is 10.0 Å². The molecule has 1 unspecified atom stereocenters. The van der Waals surface area contributed by atoms with Gasteiger partial charge in [-0.15, -0.1) is 0 Å². The average molecular weight is 353 g/mol. The molecular weight excluding hydrogens is 326 g/mol. The second-order valence-electron chi connectivity index (χ2n) is 6.22. The molecule has 1 fully saturated rings. The number of amides is 1. The molecule has 1 saturated heterocycles. The number of carbonyl (C=O) groups excluding carboxylic acids is 1. The lowest BCUT2D eigenvalue weighted by molar-refractivity contribution is 0.0708. The summed E-state index contributed by atoms with van der Waals surface area (Å²) in [5.41, 5.74) is 6.99. The molecule has 0 bridgehead atoms. The van der Waals surface area contributed by atoms with Gasteiger partial charge >= 0.3 is 0 Å². The number of benzene rings is 1. The monoisotopic (exact) mass is 353 g/mol. The van der Waals surface area contributed by atoms with Crippen molar-refractivity contribution >= 4 is 15.9 Å². The number of likely N-dealkylation sites (tertiary alicyclic amines) is 1. The van der Waals surface area contributed by atoms with E-state index in [1.807, 2.05) is 0 Å². The molecule has 1 atom stereocenters. The molecule has 1 amide bonds. The fourth-order valence-electron chi connectivity index (χ4n) is 3.09. The average Bonchev–Trinajstić information content (AvgIpc) is 2.55. The maximum atomic E-state index is 12.8. The first kappa shape index (κ1) is 18.9. The number of nitrogens with zero attached hydrogens (tertiary/aromatic N) is 2. The van der Waals surface area contributed by atoms with Gasteiger partial charge in [0, 0.05) is 37.8 Å². The Morgan fingerprint density at radius 3 is 2.58 bits per heavy atom. The molecule has 24 heavy (non-hydrogen) atoms. The number of hydrogen-bond acceptors (Lipinski definition) is 4. The molecule has 0 aliphatic carbocycles. The van der Waals surface area contributed by atoms with Crippen LogP contribution in [-0.2, 0) is 10.0 Å². The minimum Gasteiger partial charge on any atom is -0.337 e. The van der Waals surface area contributed by atoms with Crippen LogP contribution in [0.4, 0.5) is 0 Å². The summed E-state index contributed by atoms with van der Waals surface area (Å²) >= 11 is 0. The second-order valence-corrected chi connectivity index (χ2v) is 8.13. The van der Waals surface area contributed by atoms with Crippen molar-refractivity contribution in [3.8, 4) is 0 Å². The van der Waals surface area contributed by atoms with Gasteiger partial charge in [-0.05, 0) is 37.5 Å². The van der Waals surface area contributed by atoms with Crippen molar-refractivity contribution < 1.29 is 13.2 Å². The molecular formula is C17H27N3O3S. The SMILES string of the molecule is CCN(CC)S(=O)(=O)c1cc(C(=O)N2CCCC(N)C2)ccc1C. The Labute approximate surface area is 144 Å². The lowest BCUT2D eigenvalue weighted by Crippen LogP contribution is -2.45. The lowest BCUT2D eigenvalue weighted by atomic mass is 10.0. The van der Waals surface area contributed by atoms with E-state index in [9.17, 15) is 13.2 Å². The van der Waals surface area contributed by atoms with Crippen molar-refractivity contribution in [2.24, 2.45) is 5.73 Å². The predicted octanol–water partition coefficient (Wildman–Crippen LogP) is 1.59. The van der Waals surface area contributed by atoms with E-state index in [0.717, 1.165) is 12.8 Å². The summed E-state index contributed by atoms with van der Waals surface area (Å²) in [5, 5.41) is 0. The first-order valence-electron chi connectivity index (χ1n) is 8.46. The summed E-state index contributed by atoms with van der Waals surface area (Å²) in [6, 6.07) is 4.89. The van der Waals surface area contributed by atoms with E-state index in [0.29, 0.717) is 37.3 Å². The van der Waals surface area contributed by atoms with Gasteiger partial charge in [0.15, 0.2) is 0 Å². The summed E-state index contributed by atoms with van der Waals surface area (Å²) in [7, 11) is -3.59. The Morgan fingerprint density at radius 2 is 2.00 bits per heavy atom. The Balaban J connectivity index is 2.36. The molecule has 0 aromatic heterocycles. The van der Waals surface area contributed by atoms with Gasteiger partial charge in [0.1, 0.15) is 0 Å². The Hall–Kier alpha value is -1.44. The van der Waals surface area contributed by atoms with E-state index in [4.69, 9.17) is 5.73 Å². The lowest BCUT2D eigenvalue weighted by Gasteiger charge is -2.31. The highest BCUT2D eigenvalue weighted by atomic mass is 32.2. The molecule has 2 rings (SSSR count). The predicted molar refractivity (Wildman–Crippen MR) is 94.4 cm³/mol. The molecule has 134 valence electrons. The molecule has 1 aliphatic heterocycles. The Kier molecular flexibility index (Phi) is 6.01. The van der Waals surface area contributed by atoms with Gasteiger partial charge in [0.25, 0.3) is 5.91 Å². The van der Waals surface area contributed by atoms with Crippen LogP contribution in [0.25, 0.3) is 0 Å². The number of carbonyl (C=O) groups is 1. The third kappa shape index (κ3) is 3.79. The third-order valence-corrected chi connectivity index (χ3v) is 6.70. The fourth-order valence-corrected chi connectivity index (χ4v) is 4.80. The number of piperidine rings is 1. The number of sulfonamides is 1. The fraction of sp³-hybridized carbons (Fsp3) is 0.588. The van der Waals surface area contributed by atoms with E-state index in [2.05, 4.69) is 0 Å². The summed E-state index contributed by atoms with van der Waals surface area (Å²) in [4.78, 5) is 14.6. The third-order valence-electron chi connectivity index (χ3n) is 4.50. The minimum atomic E-state index is -3.59. The Bertz CT molecular complexity index is 699. The molecule has 6 nitrogen and oxygen atoms in total. The highest BCUT2D eigenvalue weighted by Crippen LogP contribution is 2.23. The van der Waals surface area contributed by atoms with Crippen molar-refractivity contribution in [2.45, 2.75) is 44.6 Å². The Morgan fingerprint density at radius 1 is 1.33 bits per heavy atom. The van der Waals surface area contributed by atoms with Crippen molar-refractivity contribution in [3.63, 3.8) is 0 Å². The normalized spacial score (nSPS) is 18.9. The molecule has 7 heteroatoms. The standard InChI is InChI=1S/C17H27N3O3S/c1-4-20(5-2)24(22,23)16-11-14(9-8-13(16)3)17(21)19-10-6-7-15(18)12-19/h8-9,11,15H,4-7,10,12,18H2,1-3H3. The van der Waals surface area contributed by atoms with Gasteiger partial charge in [0.2, 0.25) is 10.0 Å². The van der Waals surface area contributed by atoms with Crippen LogP contribution in [0.3, 0.4) is 0 Å². The number of nitrogens with two attached hydrogens (primary N) is 1. The smallest absolute Gasteiger partial charge is 0.253 e. The zero-order chi connectivity index (χ0) is 17.9. The first-order chi connectivity index (χ1) is 11.3. The summed E-state index contributed by atoms with van der Waals surface area (Å²) < 4.78 is 27.0. The van der Waals surface area contributed by atoms with Crippen LogP contribution in [0.2, 0.25) is 0 Å². The number of rotatable bonds is 5. The van der Waals surface area contributed by atoms with E-state index >= 15 is 0 Å². The minimum absolute atomic E-state index is 0.00738. The van der Waals surface area contributed by atoms with Crippen molar-refractivity contribution in [3.05, 3.63) is 29.3 Å². The topological polar surface area (TPSA) is 83.7 Å². The molecule has 1 aromatic rings. The van der Waals surface area contributed by atoms with Gasteiger partial charge in [-0.25, -0.2) is 8.42 Å². The maximum absolute atomic E-state index is 12.8. The van der Waals surface area contributed by atoms with Crippen LogP contribution in [0.1, 0.15) is 42.6 Å². The second kappa shape index (κ2) is 7.63. The summed E-state index contributed by atoms with van der Waals surface area (Å²) in [5.74, 6) is -0.152. The molecule has 1 aromatic carbocycles. The highest BCUT2D eigenvalue weighted by molar-refractivity contribution is 7.89. The first-order valence-corrected chi connectivity index (χ1v) is 9.90. The molecule has 0 radical (unpaired) electrons. The summed E-state index contributed by atoms with van der Waals surface area (Å²) in [6.07, 6.45) is 1.79. The van der Waals surface area contributed by atoms with Gasteiger partial charge in [-0.1, -0.05) is 19.9 Å². The molecule has 1 heterocycles. The van der Waals surface area contributed by atoms with Gasteiger partial charge in [-0.2, -0.15) is 4.31 Å². The van der Waals surface area contributed by atoms with Gasteiger partial charge in [0.05, 0.1) is 4.90 Å². The van der Waals surface area contributed by atoms with E-state index in [1.165, 1.54) is 10.4 Å². The maximum Gasteiger partial charge on any atom is 0.253 e. The molecule has 0 saturated carbocycles. The van der Waals surface area contributed by atoms with Crippen molar-refractivity contribution in [1.29, 1.82) is 0 Å². The van der Waals surface area contributed by atoms with Crippen LogP contribution < -0.4 is 5.73 Å². The quantitative estimate of drug-likeness (QED) is 0.871. The summed E-state index contributed by atoms with van der Waals surface area (Å²) in [6.45, 7) is 7.35. The molecule has 1 aliphatic rings. The van der Waals surface area contributed by atoms with Crippen LogP contribution in [0.15, 0.2) is 23.1 Å². The van der Waals surface area contributed by atoms with E-state index in [-0.39, 0.29) is 16.8 Å². The van der Waals surface area contributed by atoms with Gasteiger partial charge < -0.3 is 10.6 Å². The molecule has 2 N–H and O–H groups in total. The van der Waals surface area contributed by atoms with Crippen LogP contribution >= 0.6 is 0 Å². The number of aryl methyl sites for hydroxylation is 1.